The molecule has 0 unspecified atom stereocenters. The van der Waals surface area contributed by atoms with Crippen molar-refractivity contribution in [2.75, 3.05) is 25.2 Å². The van der Waals surface area contributed by atoms with E-state index in [-0.39, 0.29) is 17.7 Å². The van der Waals surface area contributed by atoms with Crippen LogP contribution < -0.4 is 4.90 Å². The van der Waals surface area contributed by atoms with Crippen LogP contribution in [0.4, 0.5) is 5.69 Å². The van der Waals surface area contributed by atoms with E-state index in [1.807, 2.05) is 51.2 Å². The lowest BCUT2D eigenvalue weighted by atomic mass is 9.68. The molecular weight excluding hydrogens is 266 g/mol. The van der Waals surface area contributed by atoms with Gasteiger partial charge in [-0.2, -0.15) is 0 Å². The van der Waals surface area contributed by atoms with Gasteiger partial charge >= 0.3 is 0 Å². The topological polar surface area (TPSA) is 38.8 Å². The van der Waals surface area contributed by atoms with Gasteiger partial charge in [0.15, 0.2) is 5.79 Å². The van der Waals surface area contributed by atoms with Crippen molar-refractivity contribution in [2.45, 2.75) is 33.0 Å². The molecule has 0 N–H and O–H groups in total. The Morgan fingerprint density at radius 2 is 1.81 bits per heavy atom. The number of amides is 1. The van der Waals surface area contributed by atoms with Gasteiger partial charge in [0.1, 0.15) is 0 Å². The zero-order valence-corrected chi connectivity index (χ0v) is 13.3. The van der Waals surface area contributed by atoms with Crippen LogP contribution in [0.1, 0.15) is 27.2 Å². The van der Waals surface area contributed by atoms with Crippen molar-refractivity contribution in [3.8, 4) is 0 Å². The minimum Gasteiger partial charge on any atom is -0.349 e. The van der Waals surface area contributed by atoms with Crippen LogP contribution in [0.15, 0.2) is 30.3 Å². The molecule has 21 heavy (non-hydrogen) atoms. The molecule has 116 valence electrons. The lowest BCUT2D eigenvalue weighted by Crippen LogP contribution is -2.63. The van der Waals surface area contributed by atoms with Gasteiger partial charge in [0.05, 0.1) is 5.92 Å². The third-order valence-corrected chi connectivity index (χ3v) is 4.27. The van der Waals surface area contributed by atoms with Crippen molar-refractivity contribution in [3.63, 3.8) is 0 Å². The summed E-state index contributed by atoms with van der Waals surface area (Å²) >= 11 is 0. The zero-order chi connectivity index (χ0) is 15.5. The molecular formula is C17H25NO3. The molecule has 4 heteroatoms. The summed E-state index contributed by atoms with van der Waals surface area (Å²) in [5.41, 5.74) is 0.893. The van der Waals surface area contributed by atoms with Crippen LogP contribution >= 0.6 is 0 Å². The minimum atomic E-state index is -0.760. The van der Waals surface area contributed by atoms with E-state index in [4.69, 9.17) is 9.47 Å². The second-order valence-electron chi connectivity index (χ2n) is 5.51. The molecule has 0 saturated heterocycles. The van der Waals surface area contributed by atoms with Crippen LogP contribution in [0.2, 0.25) is 0 Å². The number of ether oxygens (including phenoxy) is 2. The van der Waals surface area contributed by atoms with Crippen LogP contribution in [-0.2, 0) is 14.3 Å². The van der Waals surface area contributed by atoms with Gasteiger partial charge in [-0.3, -0.25) is 4.79 Å². The normalized spacial score (nSPS) is 23.4. The zero-order valence-electron chi connectivity index (χ0n) is 13.3. The monoisotopic (exact) mass is 291 g/mol. The number of hydrogen-bond acceptors (Lipinski definition) is 3. The molecule has 0 aromatic heterocycles. The summed E-state index contributed by atoms with van der Waals surface area (Å²) in [4.78, 5) is 14.5. The van der Waals surface area contributed by atoms with Crippen molar-refractivity contribution < 1.29 is 14.3 Å². The van der Waals surface area contributed by atoms with E-state index in [0.29, 0.717) is 13.2 Å². The number of para-hydroxylation sites is 1. The maximum absolute atomic E-state index is 12.8. The lowest BCUT2D eigenvalue weighted by Gasteiger charge is -2.53. The fourth-order valence-electron chi connectivity index (χ4n) is 3.13. The Morgan fingerprint density at radius 1 is 1.24 bits per heavy atom. The third-order valence-electron chi connectivity index (χ3n) is 4.27. The summed E-state index contributed by atoms with van der Waals surface area (Å²) in [6.07, 6.45) is 0.802. The van der Waals surface area contributed by atoms with Gasteiger partial charge in [-0.05, 0) is 32.4 Å². The summed E-state index contributed by atoms with van der Waals surface area (Å²) in [6, 6.07) is 9.67. The molecule has 2 rings (SSSR count). The first-order chi connectivity index (χ1) is 10.1. The van der Waals surface area contributed by atoms with Crippen LogP contribution in [0.25, 0.3) is 0 Å². The Hall–Kier alpha value is -1.39. The van der Waals surface area contributed by atoms with Crippen LogP contribution in [0.5, 0.6) is 0 Å². The van der Waals surface area contributed by atoms with E-state index >= 15 is 0 Å². The van der Waals surface area contributed by atoms with Crippen LogP contribution in [-0.4, -0.2) is 32.0 Å². The van der Waals surface area contributed by atoms with E-state index in [9.17, 15) is 4.79 Å². The van der Waals surface area contributed by atoms with E-state index in [0.717, 1.165) is 12.1 Å². The minimum absolute atomic E-state index is 0.0567. The van der Waals surface area contributed by atoms with Crippen molar-refractivity contribution in [3.05, 3.63) is 30.3 Å². The molecule has 2 atom stereocenters. The molecule has 0 bridgehead atoms. The van der Waals surface area contributed by atoms with E-state index in [1.54, 1.807) is 4.90 Å². The van der Waals surface area contributed by atoms with Crippen LogP contribution in [0.3, 0.4) is 0 Å². The molecule has 1 fully saturated rings. The summed E-state index contributed by atoms with van der Waals surface area (Å²) in [6.45, 7) is 7.05. The molecule has 1 aromatic carbocycles. The second kappa shape index (κ2) is 6.58. The first-order valence-electron chi connectivity index (χ1n) is 7.67. The van der Waals surface area contributed by atoms with Gasteiger partial charge < -0.3 is 14.4 Å². The molecule has 1 aliphatic carbocycles. The highest BCUT2D eigenvalue weighted by Gasteiger charge is 2.59. The summed E-state index contributed by atoms with van der Waals surface area (Å²) in [5, 5.41) is 0. The van der Waals surface area contributed by atoms with Crippen LogP contribution in [0, 0.1) is 11.8 Å². The van der Waals surface area contributed by atoms with Crippen molar-refractivity contribution >= 4 is 11.6 Å². The Kier molecular flexibility index (Phi) is 5.01. The average molecular weight is 291 g/mol. The SMILES string of the molecule is CCOC1(OCC)[C@H](C)C[C@@H]1C(=O)N(C)c1ccccc1. The first kappa shape index (κ1) is 16.0. The largest absolute Gasteiger partial charge is 0.349 e. The number of benzene rings is 1. The molecule has 1 aromatic rings. The van der Waals surface area contributed by atoms with Crippen molar-refractivity contribution in [2.24, 2.45) is 11.8 Å². The molecule has 1 saturated carbocycles. The van der Waals surface area contributed by atoms with Gasteiger partial charge in [0.25, 0.3) is 0 Å². The van der Waals surface area contributed by atoms with E-state index in [1.165, 1.54) is 0 Å². The summed E-state index contributed by atoms with van der Waals surface area (Å²) in [7, 11) is 1.81. The van der Waals surface area contributed by atoms with Gasteiger partial charge in [-0.15, -0.1) is 0 Å². The Morgan fingerprint density at radius 3 is 2.29 bits per heavy atom. The molecule has 0 heterocycles. The Labute approximate surface area is 127 Å². The molecule has 0 radical (unpaired) electrons. The van der Waals surface area contributed by atoms with Crippen molar-refractivity contribution in [1.82, 2.24) is 0 Å². The number of nitrogens with zero attached hydrogens (tertiary/aromatic N) is 1. The maximum Gasteiger partial charge on any atom is 0.235 e. The average Bonchev–Trinajstić information content (AvgIpc) is 2.51. The van der Waals surface area contributed by atoms with Gasteiger partial charge in [-0.1, -0.05) is 25.1 Å². The Bertz CT molecular complexity index is 468. The fraction of sp³-hybridized carbons (Fsp3) is 0.588. The second-order valence-corrected chi connectivity index (χ2v) is 5.51. The van der Waals surface area contributed by atoms with E-state index < -0.39 is 5.79 Å². The van der Waals surface area contributed by atoms with Crippen molar-refractivity contribution in [1.29, 1.82) is 0 Å². The number of carbonyl (C=O) groups excluding carboxylic acids is 1. The third kappa shape index (κ3) is 2.83. The molecule has 1 amide bonds. The highest BCUT2D eigenvalue weighted by atomic mass is 16.7. The maximum atomic E-state index is 12.8. The highest BCUT2D eigenvalue weighted by molar-refractivity contribution is 5.95. The first-order valence-corrected chi connectivity index (χ1v) is 7.67. The fourth-order valence-corrected chi connectivity index (χ4v) is 3.13. The summed E-state index contributed by atoms with van der Waals surface area (Å²) < 4.78 is 11.7. The summed E-state index contributed by atoms with van der Waals surface area (Å²) in [5.74, 6) is -0.710. The quantitative estimate of drug-likeness (QED) is 0.756. The smallest absolute Gasteiger partial charge is 0.235 e. The number of carbonyl (C=O) groups is 1. The molecule has 1 aliphatic rings. The number of hydrogen-bond donors (Lipinski definition) is 0. The molecule has 0 aliphatic heterocycles. The standard InChI is InChI=1S/C17H25NO3/c1-5-20-17(21-6-2)13(3)12-15(17)16(19)18(4)14-10-8-7-9-11-14/h7-11,13,15H,5-6,12H2,1-4H3/t13-,15-/m1/s1. The van der Waals surface area contributed by atoms with Gasteiger partial charge in [-0.25, -0.2) is 0 Å². The number of anilines is 1. The Balaban J connectivity index is 2.18. The van der Waals surface area contributed by atoms with E-state index in [2.05, 4.69) is 6.92 Å². The number of rotatable bonds is 6. The van der Waals surface area contributed by atoms with Gasteiger partial charge in [0.2, 0.25) is 5.91 Å². The molecule has 4 nitrogen and oxygen atoms in total. The predicted molar refractivity (Wildman–Crippen MR) is 83.1 cm³/mol. The molecule has 0 spiro atoms. The van der Waals surface area contributed by atoms with Gasteiger partial charge in [0, 0.05) is 31.9 Å². The lowest BCUT2D eigenvalue weighted by molar-refractivity contribution is -0.328. The highest BCUT2D eigenvalue weighted by Crippen LogP contribution is 2.48. The predicted octanol–water partition coefficient (Wildman–Crippen LogP) is 3.07.